The number of esters is 1. The SMILES string of the molecule is C[C@H](NC(=O)COC(=O)/C=C/c1ccccc1Cl)c1ccc(Cl)cc1. The van der Waals surface area contributed by atoms with Gasteiger partial charge in [0.25, 0.3) is 5.91 Å². The van der Waals surface area contributed by atoms with E-state index >= 15 is 0 Å². The van der Waals surface area contributed by atoms with Crippen molar-refractivity contribution < 1.29 is 14.3 Å². The van der Waals surface area contributed by atoms with E-state index < -0.39 is 5.97 Å². The average Bonchev–Trinajstić information content (AvgIpc) is 2.59. The smallest absolute Gasteiger partial charge is 0.331 e. The Morgan fingerprint density at radius 2 is 1.80 bits per heavy atom. The first-order chi connectivity index (χ1) is 12.0. The Labute approximate surface area is 156 Å². The van der Waals surface area contributed by atoms with Gasteiger partial charge in [0, 0.05) is 16.1 Å². The lowest BCUT2D eigenvalue weighted by molar-refractivity contribution is -0.144. The average molecular weight is 378 g/mol. The zero-order valence-corrected chi connectivity index (χ0v) is 15.1. The number of rotatable bonds is 6. The summed E-state index contributed by atoms with van der Waals surface area (Å²) in [7, 11) is 0. The minimum atomic E-state index is -0.616. The predicted octanol–water partition coefficient (Wildman–Crippen LogP) is 4.43. The van der Waals surface area contributed by atoms with Crippen molar-refractivity contribution in [3.63, 3.8) is 0 Å². The number of hydrogen-bond acceptors (Lipinski definition) is 3. The molecule has 0 heterocycles. The molecule has 6 heteroatoms. The fourth-order valence-corrected chi connectivity index (χ4v) is 2.40. The first-order valence-corrected chi connectivity index (χ1v) is 8.35. The number of hydrogen-bond donors (Lipinski definition) is 1. The lowest BCUT2D eigenvalue weighted by Gasteiger charge is -2.14. The molecule has 0 radical (unpaired) electrons. The van der Waals surface area contributed by atoms with Crippen LogP contribution in [0.15, 0.2) is 54.6 Å². The third kappa shape index (κ3) is 6.25. The number of amides is 1. The molecule has 1 amide bonds. The highest BCUT2D eigenvalue weighted by Crippen LogP contribution is 2.17. The van der Waals surface area contributed by atoms with Crippen LogP contribution in [0.2, 0.25) is 10.0 Å². The number of carbonyl (C=O) groups excluding carboxylic acids is 2. The van der Waals surface area contributed by atoms with E-state index in [2.05, 4.69) is 5.32 Å². The Balaban J connectivity index is 1.80. The molecule has 4 nitrogen and oxygen atoms in total. The van der Waals surface area contributed by atoms with Crippen molar-refractivity contribution in [2.24, 2.45) is 0 Å². The largest absolute Gasteiger partial charge is 0.452 e. The van der Waals surface area contributed by atoms with Gasteiger partial charge in [0.15, 0.2) is 6.61 Å². The molecule has 2 rings (SSSR count). The zero-order chi connectivity index (χ0) is 18.2. The van der Waals surface area contributed by atoms with Crippen molar-refractivity contribution in [1.82, 2.24) is 5.32 Å². The molecular weight excluding hydrogens is 361 g/mol. The maximum Gasteiger partial charge on any atom is 0.331 e. The minimum absolute atomic E-state index is 0.220. The van der Waals surface area contributed by atoms with Crippen LogP contribution in [0.4, 0.5) is 0 Å². The molecule has 0 unspecified atom stereocenters. The van der Waals surface area contributed by atoms with E-state index in [0.29, 0.717) is 15.6 Å². The molecule has 0 aliphatic rings. The third-order valence-corrected chi connectivity index (χ3v) is 3.99. The van der Waals surface area contributed by atoms with E-state index in [9.17, 15) is 9.59 Å². The van der Waals surface area contributed by atoms with Crippen molar-refractivity contribution in [1.29, 1.82) is 0 Å². The highest BCUT2D eigenvalue weighted by atomic mass is 35.5. The van der Waals surface area contributed by atoms with Gasteiger partial charge in [-0.05, 0) is 42.3 Å². The molecule has 0 saturated carbocycles. The van der Waals surface area contributed by atoms with Crippen molar-refractivity contribution in [3.8, 4) is 0 Å². The highest BCUT2D eigenvalue weighted by molar-refractivity contribution is 6.32. The van der Waals surface area contributed by atoms with Crippen molar-refractivity contribution in [3.05, 3.63) is 75.8 Å². The van der Waals surface area contributed by atoms with Crippen LogP contribution in [0, 0.1) is 0 Å². The zero-order valence-electron chi connectivity index (χ0n) is 13.5. The second kappa shape index (κ2) is 9.25. The lowest BCUT2D eigenvalue weighted by atomic mass is 10.1. The number of benzene rings is 2. The summed E-state index contributed by atoms with van der Waals surface area (Å²) in [4.78, 5) is 23.5. The third-order valence-electron chi connectivity index (χ3n) is 3.40. The summed E-state index contributed by atoms with van der Waals surface area (Å²) in [6.07, 6.45) is 2.77. The molecule has 130 valence electrons. The molecule has 2 aromatic carbocycles. The summed E-state index contributed by atoms with van der Waals surface area (Å²) < 4.78 is 4.92. The van der Waals surface area contributed by atoms with E-state index in [4.69, 9.17) is 27.9 Å². The second-order valence-corrected chi connectivity index (χ2v) is 6.15. The number of halogens is 2. The van der Waals surface area contributed by atoms with Gasteiger partial charge in [0.05, 0.1) is 6.04 Å². The Bertz CT molecular complexity index is 772. The van der Waals surface area contributed by atoms with Crippen LogP contribution in [-0.2, 0) is 14.3 Å². The molecule has 0 saturated heterocycles. The van der Waals surface area contributed by atoms with E-state index in [1.54, 1.807) is 36.4 Å². The molecular formula is C19H17Cl2NO3. The van der Waals surface area contributed by atoms with E-state index in [1.807, 2.05) is 25.1 Å². The number of ether oxygens (including phenoxy) is 1. The van der Waals surface area contributed by atoms with Gasteiger partial charge in [0.2, 0.25) is 0 Å². The summed E-state index contributed by atoms with van der Waals surface area (Å²) in [6, 6.07) is 14.0. The molecule has 2 aromatic rings. The van der Waals surface area contributed by atoms with Crippen LogP contribution >= 0.6 is 23.2 Å². The number of nitrogens with one attached hydrogen (secondary N) is 1. The quantitative estimate of drug-likeness (QED) is 0.598. The van der Waals surface area contributed by atoms with Crippen LogP contribution in [-0.4, -0.2) is 18.5 Å². The molecule has 0 spiro atoms. The van der Waals surface area contributed by atoms with Crippen LogP contribution in [0.25, 0.3) is 6.08 Å². The molecule has 0 bridgehead atoms. The van der Waals surface area contributed by atoms with Crippen molar-refractivity contribution in [2.45, 2.75) is 13.0 Å². The van der Waals surface area contributed by atoms with Gasteiger partial charge < -0.3 is 10.1 Å². The predicted molar refractivity (Wildman–Crippen MR) is 99.5 cm³/mol. The second-order valence-electron chi connectivity index (χ2n) is 5.30. The van der Waals surface area contributed by atoms with Crippen LogP contribution in [0.1, 0.15) is 24.1 Å². The molecule has 0 aromatic heterocycles. The van der Waals surface area contributed by atoms with E-state index in [1.165, 1.54) is 6.08 Å². The van der Waals surface area contributed by atoms with Crippen molar-refractivity contribution in [2.75, 3.05) is 6.61 Å². The molecule has 25 heavy (non-hydrogen) atoms. The monoisotopic (exact) mass is 377 g/mol. The van der Waals surface area contributed by atoms with Crippen LogP contribution < -0.4 is 5.32 Å². The summed E-state index contributed by atoms with van der Waals surface area (Å²) in [5.41, 5.74) is 1.60. The van der Waals surface area contributed by atoms with Crippen LogP contribution in [0.5, 0.6) is 0 Å². The normalized spacial score (nSPS) is 12.0. The molecule has 1 atom stereocenters. The molecule has 0 aliphatic heterocycles. The van der Waals surface area contributed by atoms with Gasteiger partial charge in [-0.3, -0.25) is 4.79 Å². The standard InChI is InChI=1S/C19H17Cl2NO3/c1-13(14-6-9-16(20)10-7-14)22-18(23)12-25-19(24)11-8-15-4-2-3-5-17(15)21/h2-11,13H,12H2,1H3,(H,22,23)/b11-8+/t13-/m0/s1. The Morgan fingerprint density at radius 1 is 1.12 bits per heavy atom. The van der Waals surface area contributed by atoms with Gasteiger partial charge >= 0.3 is 5.97 Å². The van der Waals surface area contributed by atoms with Gasteiger partial charge in [0.1, 0.15) is 0 Å². The van der Waals surface area contributed by atoms with Gasteiger partial charge in [-0.2, -0.15) is 0 Å². The Morgan fingerprint density at radius 3 is 2.48 bits per heavy atom. The van der Waals surface area contributed by atoms with Gasteiger partial charge in [-0.1, -0.05) is 53.5 Å². The minimum Gasteiger partial charge on any atom is -0.452 e. The molecule has 0 aliphatic carbocycles. The summed E-state index contributed by atoms with van der Waals surface area (Å²) in [6.45, 7) is 1.48. The molecule has 1 N–H and O–H groups in total. The van der Waals surface area contributed by atoms with Gasteiger partial charge in [-0.15, -0.1) is 0 Å². The summed E-state index contributed by atoms with van der Waals surface area (Å²) >= 11 is 11.8. The van der Waals surface area contributed by atoms with Crippen molar-refractivity contribution >= 4 is 41.2 Å². The number of carbonyl (C=O) groups is 2. The summed E-state index contributed by atoms with van der Waals surface area (Å²) in [5, 5.41) is 3.90. The van der Waals surface area contributed by atoms with E-state index in [0.717, 1.165) is 5.56 Å². The Hall–Kier alpha value is -2.30. The maximum absolute atomic E-state index is 11.9. The topological polar surface area (TPSA) is 55.4 Å². The highest BCUT2D eigenvalue weighted by Gasteiger charge is 2.11. The van der Waals surface area contributed by atoms with Gasteiger partial charge in [-0.25, -0.2) is 4.79 Å². The fourth-order valence-electron chi connectivity index (χ4n) is 2.07. The first kappa shape index (κ1) is 19.0. The summed E-state index contributed by atoms with van der Waals surface area (Å²) in [5.74, 6) is -1.00. The molecule has 0 fully saturated rings. The fraction of sp³-hybridized carbons (Fsp3) is 0.158. The lowest BCUT2D eigenvalue weighted by Crippen LogP contribution is -2.30. The maximum atomic E-state index is 11.9. The Kier molecular flexibility index (Phi) is 7.04. The van der Waals surface area contributed by atoms with Crippen LogP contribution in [0.3, 0.4) is 0 Å². The first-order valence-electron chi connectivity index (χ1n) is 7.60. The van der Waals surface area contributed by atoms with E-state index in [-0.39, 0.29) is 18.6 Å².